The maximum absolute atomic E-state index is 12.6. The smallest absolute Gasteiger partial charge is 0.267 e. The van der Waals surface area contributed by atoms with Crippen molar-refractivity contribution in [3.63, 3.8) is 0 Å². The lowest BCUT2D eigenvalue weighted by molar-refractivity contribution is 0.0945. The number of anilines is 2. The Morgan fingerprint density at radius 1 is 1.19 bits per heavy atom. The number of likely N-dealkylation sites (tertiary alicyclic amines) is 1. The van der Waals surface area contributed by atoms with Gasteiger partial charge in [0.2, 0.25) is 0 Å². The number of H-pyrrole nitrogens is 1. The summed E-state index contributed by atoms with van der Waals surface area (Å²) in [7, 11) is 0. The summed E-state index contributed by atoms with van der Waals surface area (Å²) in [5.74, 6) is 0.758. The highest BCUT2D eigenvalue weighted by atomic mass is 35.5. The summed E-state index contributed by atoms with van der Waals surface area (Å²) >= 11 is 6.01. The Morgan fingerprint density at radius 3 is 2.67 bits per heavy atom. The molecule has 0 aliphatic carbocycles. The van der Waals surface area contributed by atoms with Crippen LogP contribution in [-0.2, 0) is 0 Å². The van der Waals surface area contributed by atoms with Crippen molar-refractivity contribution in [2.75, 3.05) is 31.1 Å². The SMILES string of the molecule is C=C1C=Cc2cc(C(=O)NCCN3CCCC3)[nH]c2N1c1ccc(Cl)cc1. The normalized spacial score (nSPS) is 16.6. The van der Waals surface area contributed by atoms with Gasteiger partial charge in [0.15, 0.2) is 0 Å². The molecule has 2 N–H and O–H groups in total. The van der Waals surface area contributed by atoms with E-state index >= 15 is 0 Å². The number of aromatic amines is 1. The molecule has 4 rings (SSSR count). The maximum Gasteiger partial charge on any atom is 0.267 e. The standard InChI is InChI=1S/C21H23ClN4O/c1-15-4-5-16-14-19(21(27)23-10-13-25-11-2-3-12-25)24-20(16)26(15)18-8-6-17(22)7-9-18/h4-9,14,24H,1-3,10-13H2,(H,23,27). The van der Waals surface area contributed by atoms with Crippen LogP contribution in [0.2, 0.25) is 5.02 Å². The summed E-state index contributed by atoms with van der Waals surface area (Å²) in [5, 5.41) is 3.70. The van der Waals surface area contributed by atoms with Gasteiger partial charge in [-0.2, -0.15) is 0 Å². The zero-order valence-electron chi connectivity index (χ0n) is 15.2. The predicted octanol–water partition coefficient (Wildman–Crippen LogP) is 4.17. The van der Waals surface area contributed by atoms with E-state index in [9.17, 15) is 4.79 Å². The molecule has 0 bridgehead atoms. The third-order valence-corrected chi connectivity index (χ3v) is 5.29. The largest absolute Gasteiger partial charge is 0.349 e. The fourth-order valence-electron chi connectivity index (χ4n) is 3.61. The number of amides is 1. The number of benzene rings is 1. The van der Waals surface area contributed by atoms with Gasteiger partial charge in [-0.25, -0.2) is 0 Å². The van der Waals surface area contributed by atoms with Crippen LogP contribution >= 0.6 is 11.6 Å². The van der Waals surface area contributed by atoms with Crippen molar-refractivity contribution in [1.82, 2.24) is 15.2 Å². The van der Waals surface area contributed by atoms with Crippen molar-refractivity contribution >= 4 is 35.1 Å². The van der Waals surface area contributed by atoms with Crippen LogP contribution < -0.4 is 10.2 Å². The molecule has 2 aliphatic rings. The Bertz CT molecular complexity index is 878. The van der Waals surface area contributed by atoms with Gasteiger partial charge < -0.3 is 15.2 Å². The second-order valence-electron chi connectivity index (χ2n) is 6.93. The van der Waals surface area contributed by atoms with E-state index in [1.807, 2.05) is 47.4 Å². The lowest BCUT2D eigenvalue weighted by Gasteiger charge is -2.27. The van der Waals surface area contributed by atoms with Crippen LogP contribution in [0.15, 0.2) is 48.7 Å². The third-order valence-electron chi connectivity index (χ3n) is 5.03. The first-order valence-corrected chi connectivity index (χ1v) is 9.66. The van der Waals surface area contributed by atoms with E-state index in [1.54, 1.807) is 0 Å². The van der Waals surface area contributed by atoms with Crippen molar-refractivity contribution < 1.29 is 4.79 Å². The quantitative estimate of drug-likeness (QED) is 0.815. The van der Waals surface area contributed by atoms with Gasteiger partial charge in [0.1, 0.15) is 11.5 Å². The molecule has 140 valence electrons. The summed E-state index contributed by atoms with van der Waals surface area (Å²) in [5.41, 5.74) is 3.28. The van der Waals surface area contributed by atoms with Gasteiger partial charge >= 0.3 is 0 Å². The predicted molar refractivity (Wildman–Crippen MR) is 111 cm³/mol. The maximum atomic E-state index is 12.6. The molecule has 1 aromatic heterocycles. The zero-order chi connectivity index (χ0) is 18.8. The number of aromatic nitrogens is 1. The van der Waals surface area contributed by atoms with Crippen molar-refractivity contribution in [3.8, 4) is 0 Å². The number of carbonyl (C=O) groups excluding carboxylic acids is 1. The van der Waals surface area contributed by atoms with Crippen LogP contribution in [0.1, 0.15) is 28.9 Å². The second-order valence-corrected chi connectivity index (χ2v) is 7.36. The van der Waals surface area contributed by atoms with Gasteiger partial charge in [-0.1, -0.05) is 18.2 Å². The van der Waals surface area contributed by atoms with Gasteiger partial charge in [-0.3, -0.25) is 9.69 Å². The number of carbonyl (C=O) groups is 1. The monoisotopic (exact) mass is 382 g/mol. The van der Waals surface area contributed by atoms with Crippen molar-refractivity contribution in [3.05, 3.63) is 65.0 Å². The van der Waals surface area contributed by atoms with E-state index < -0.39 is 0 Å². The number of rotatable bonds is 5. The number of hydrogen-bond donors (Lipinski definition) is 2. The van der Waals surface area contributed by atoms with Gasteiger partial charge in [-0.15, -0.1) is 0 Å². The lowest BCUT2D eigenvalue weighted by Crippen LogP contribution is -2.33. The van der Waals surface area contributed by atoms with E-state index in [1.165, 1.54) is 12.8 Å². The van der Waals surface area contributed by atoms with Crippen molar-refractivity contribution in [2.24, 2.45) is 0 Å². The number of hydrogen-bond acceptors (Lipinski definition) is 3. The molecule has 3 heterocycles. The lowest BCUT2D eigenvalue weighted by atomic mass is 10.1. The summed E-state index contributed by atoms with van der Waals surface area (Å²) in [6.07, 6.45) is 6.43. The number of nitrogens with zero attached hydrogens (tertiary/aromatic N) is 2. The molecule has 2 aliphatic heterocycles. The first kappa shape index (κ1) is 17.9. The molecule has 27 heavy (non-hydrogen) atoms. The van der Waals surface area contributed by atoms with Gasteiger partial charge in [-0.05, 0) is 68.4 Å². The molecule has 5 nitrogen and oxygen atoms in total. The van der Waals surface area contributed by atoms with E-state index in [0.29, 0.717) is 17.3 Å². The number of nitrogens with one attached hydrogen (secondary N) is 2. The second kappa shape index (κ2) is 7.62. The fourth-order valence-corrected chi connectivity index (χ4v) is 3.74. The number of allylic oxidation sites excluding steroid dienone is 1. The summed E-state index contributed by atoms with van der Waals surface area (Å²) in [6, 6.07) is 9.45. The molecule has 1 saturated heterocycles. The van der Waals surface area contributed by atoms with Crippen molar-refractivity contribution in [1.29, 1.82) is 0 Å². The Labute approximate surface area is 164 Å². The Balaban J connectivity index is 1.50. The average Bonchev–Trinajstić information content (AvgIpc) is 3.32. The third kappa shape index (κ3) is 3.80. The van der Waals surface area contributed by atoms with Gasteiger partial charge in [0.05, 0.1) is 0 Å². The minimum absolute atomic E-state index is 0.0846. The van der Waals surface area contributed by atoms with Crippen LogP contribution in [0.4, 0.5) is 11.5 Å². The molecule has 1 amide bonds. The van der Waals surface area contributed by atoms with E-state index in [4.69, 9.17) is 11.6 Å². The molecular formula is C21H23ClN4O. The Morgan fingerprint density at radius 2 is 1.93 bits per heavy atom. The number of fused-ring (bicyclic) bond motifs is 1. The average molecular weight is 383 g/mol. The molecular weight excluding hydrogens is 360 g/mol. The topological polar surface area (TPSA) is 51.4 Å². The van der Waals surface area contributed by atoms with E-state index in [0.717, 1.165) is 42.4 Å². The fraction of sp³-hybridized carbons (Fsp3) is 0.286. The Kier molecular flexibility index (Phi) is 5.05. The summed E-state index contributed by atoms with van der Waals surface area (Å²) in [6.45, 7) is 7.95. The minimum atomic E-state index is -0.0846. The van der Waals surface area contributed by atoms with Crippen LogP contribution in [-0.4, -0.2) is 42.0 Å². The Hall–Kier alpha value is -2.50. The molecule has 6 heteroatoms. The van der Waals surface area contributed by atoms with Gasteiger partial charge in [0, 0.05) is 35.1 Å². The molecule has 1 fully saturated rings. The molecule has 1 aromatic carbocycles. The highest BCUT2D eigenvalue weighted by Gasteiger charge is 2.23. The zero-order valence-corrected chi connectivity index (χ0v) is 15.9. The highest BCUT2D eigenvalue weighted by Crippen LogP contribution is 2.36. The highest BCUT2D eigenvalue weighted by molar-refractivity contribution is 6.30. The minimum Gasteiger partial charge on any atom is -0.349 e. The first-order chi connectivity index (χ1) is 13.1. The van der Waals surface area contributed by atoms with Crippen LogP contribution in [0.3, 0.4) is 0 Å². The molecule has 0 unspecified atom stereocenters. The van der Waals surface area contributed by atoms with Gasteiger partial charge in [0.25, 0.3) is 5.91 Å². The molecule has 0 spiro atoms. The van der Waals surface area contributed by atoms with E-state index in [2.05, 4.69) is 21.8 Å². The number of halogens is 1. The van der Waals surface area contributed by atoms with Crippen molar-refractivity contribution in [2.45, 2.75) is 12.8 Å². The van der Waals surface area contributed by atoms with Crippen LogP contribution in [0.25, 0.3) is 6.08 Å². The molecule has 0 radical (unpaired) electrons. The summed E-state index contributed by atoms with van der Waals surface area (Å²) in [4.78, 5) is 20.2. The van der Waals surface area contributed by atoms with Crippen LogP contribution in [0.5, 0.6) is 0 Å². The first-order valence-electron chi connectivity index (χ1n) is 9.28. The molecule has 2 aromatic rings. The molecule has 0 saturated carbocycles. The molecule has 0 atom stereocenters. The van der Waals surface area contributed by atoms with E-state index in [-0.39, 0.29) is 5.91 Å². The summed E-state index contributed by atoms with van der Waals surface area (Å²) < 4.78 is 0. The van der Waals surface area contributed by atoms with Crippen LogP contribution in [0, 0.1) is 0 Å².